The van der Waals surface area contributed by atoms with Gasteiger partial charge in [0.1, 0.15) is 5.82 Å². The number of thiophene rings is 1. The highest BCUT2D eigenvalue weighted by Gasteiger charge is 2.27. The number of nitrogens with zero attached hydrogens (tertiary/aromatic N) is 1. The fourth-order valence-electron chi connectivity index (χ4n) is 1.78. The van der Waals surface area contributed by atoms with E-state index in [1.165, 1.54) is 0 Å². The number of aromatic amines is 1. The number of aromatic nitrogens is 2. The number of rotatable bonds is 2. The summed E-state index contributed by atoms with van der Waals surface area (Å²) in [5, 5.41) is 4.04. The molecule has 0 aliphatic heterocycles. The van der Waals surface area contributed by atoms with Gasteiger partial charge in [0, 0.05) is 22.4 Å². The molecule has 0 aromatic carbocycles. The smallest absolute Gasteiger partial charge is 0.254 e. The van der Waals surface area contributed by atoms with Gasteiger partial charge in [-0.05, 0) is 31.2 Å². The molecule has 16 heavy (non-hydrogen) atoms. The molecule has 0 radical (unpaired) electrons. The van der Waals surface area contributed by atoms with Gasteiger partial charge in [0.05, 0.1) is 5.69 Å². The molecule has 0 saturated heterocycles. The van der Waals surface area contributed by atoms with Gasteiger partial charge in [0.25, 0.3) is 5.56 Å². The molecule has 0 atom stereocenters. The summed E-state index contributed by atoms with van der Waals surface area (Å²) in [6.45, 7) is 1.83. The molecule has 2 aromatic rings. The molecule has 3 nitrogen and oxygen atoms in total. The lowest BCUT2D eigenvalue weighted by molar-refractivity contribution is 0.901. The first kappa shape index (κ1) is 9.78. The van der Waals surface area contributed by atoms with Gasteiger partial charge in [-0.15, -0.1) is 0 Å². The average Bonchev–Trinajstić information content (AvgIpc) is 2.98. The molecule has 0 amide bonds. The van der Waals surface area contributed by atoms with Crippen molar-refractivity contribution in [2.45, 2.75) is 25.7 Å². The summed E-state index contributed by atoms with van der Waals surface area (Å²) in [4.78, 5) is 19.3. The minimum atomic E-state index is -0.00176. The molecule has 82 valence electrons. The standard InChI is InChI=1S/C12H12N2OS/c1-7-10(9-4-5-16-6-9)13-11(8-2-3-8)14-12(7)15/h4-6,8H,2-3H2,1H3,(H,13,14,15). The number of hydrogen-bond donors (Lipinski definition) is 1. The Labute approximate surface area is 97.2 Å². The summed E-state index contributed by atoms with van der Waals surface area (Å²) < 4.78 is 0. The molecule has 0 unspecified atom stereocenters. The first-order chi connectivity index (χ1) is 7.75. The molecule has 1 saturated carbocycles. The maximum absolute atomic E-state index is 11.8. The van der Waals surface area contributed by atoms with Crippen molar-refractivity contribution in [1.29, 1.82) is 0 Å². The summed E-state index contributed by atoms with van der Waals surface area (Å²) in [6, 6.07) is 2.01. The molecular weight excluding hydrogens is 220 g/mol. The van der Waals surface area contributed by atoms with E-state index in [0.717, 1.165) is 29.9 Å². The van der Waals surface area contributed by atoms with Crippen molar-refractivity contribution in [2.24, 2.45) is 0 Å². The van der Waals surface area contributed by atoms with Crippen LogP contribution in [0.3, 0.4) is 0 Å². The van der Waals surface area contributed by atoms with Crippen molar-refractivity contribution in [1.82, 2.24) is 9.97 Å². The van der Waals surface area contributed by atoms with Crippen LogP contribution in [-0.2, 0) is 0 Å². The van der Waals surface area contributed by atoms with Crippen LogP contribution in [0, 0.1) is 6.92 Å². The van der Waals surface area contributed by atoms with Gasteiger partial charge >= 0.3 is 0 Å². The first-order valence-electron chi connectivity index (χ1n) is 5.39. The topological polar surface area (TPSA) is 45.8 Å². The van der Waals surface area contributed by atoms with Crippen molar-refractivity contribution in [2.75, 3.05) is 0 Å². The Balaban J connectivity index is 2.19. The monoisotopic (exact) mass is 232 g/mol. The first-order valence-corrected chi connectivity index (χ1v) is 6.33. The Hall–Kier alpha value is -1.42. The summed E-state index contributed by atoms with van der Waals surface area (Å²) in [6.07, 6.45) is 2.30. The highest BCUT2D eigenvalue weighted by atomic mass is 32.1. The van der Waals surface area contributed by atoms with Crippen molar-refractivity contribution < 1.29 is 0 Å². The molecular formula is C12H12N2OS. The molecule has 1 fully saturated rings. The summed E-state index contributed by atoms with van der Waals surface area (Å²) >= 11 is 1.63. The Bertz CT molecular complexity index is 567. The predicted octanol–water partition coefficient (Wildman–Crippen LogP) is 2.68. The molecule has 1 N–H and O–H groups in total. The van der Waals surface area contributed by atoms with Crippen LogP contribution in [0.5, 0.6) is 0 Å². The molecule has 2 aromatic heterocycles. The number of H-pyrrole nitrogens is 1. The van der Waals surface area contributed by atoms with E-state index in [0.29, 0.717) is 11.5 Å². The second kappa shape index (κ2) is 3.56. The summed E-state index contributed by atoms with van der Waals surface area (Å²) in [5.41, 5.74) is 2.60. The van der Waals surface area contributed by atoms with Crippen LogP contribution in [0.4, 0.5) is 0 Å². The van der Waals surface area contributed by atoms with Gasteiger partial charge in [0.2, 0.25) is 0 Å². The SMILES string of the molecule is Cc1c(-c2ccsc2)nc(C2CC2)[nH]c1=O. The predicted molar refractivity (Wildman–Crippen MR) is 64.9 cm³/mol. The highest BCUT2D eigenvalue weighted by molar-refractivity contribution is 7.08. The van der Waals surface area contributed by atoms with E-state index in [4.69, 9.17) is 0 Å². The summed E-state index contributed by atoms with van der Waals surface area (Å²) in [5.74, 6) is 1.34. The normalized spacial score (nSPS) is 15.3. The Morgan fingerprint density at radius 3 is 2.94 bits per heavy atom. The van der Waals surface area contributed by atoms with E-state index < -0.39 is 0 Å². The zero-order chi connectivity index (χ0) is 11.1. The molecule has 2 heterocycles. The van der Waals surface area contributed by atoms with Crippen LogP contribution in [0.2, 0.25) is 0 Å². The van der Waals surface area contributed by atoms with Gasteiger partial charge in [0.15, 0.2) is 0 Å². The fraction of sp³-hybridized carbons (Fsp3) is 0.333. The van der Waals surface area contributed by atoms with Crippen LogP contribution in [0.1, 0.15) is 30.1 Å². The quantitative estimate of drug-likeness (QED) is 0.865. The minimum absolute atomic E-state index is 0.00176. The average molecular weight is 232 g/mol. The number of hydrogen-bond acceptors (Lipinski definition) is 3. The van der Waals surface area contributed by atoms with Gasteiger partial charge in [-0.2, -0.15) is 11.3 Å². The molecule has 3 rings (SSSR count). The van der Waals surface area contributed by atoms with E-state index >= 15 is 0 Å². The molecule has 0 spiro atoms. The largest absolute Gasteiger partial charge is 0.310 e. The molecule has 1 aliphatic carbocycles. The summed E-state index contributed by atoms with van der Waals surface area (Å²) in [7, 11) is 0. The van der Waals surface area contributed by atoms with Crippen LogP contribution < -0.4 is 5.56 Å². The Kier molecular flexibility index (Phi) is 2.17. The number of nitrogens with one attached hydrogen (secondary N) is 1. The van der Waals surface area contributed by atoms with Crippen LogP contribution in [0.15, 0.2) is 21.6 Å². The van der Waals surface area contributed by atoms with Crippen molar-refractivity contribution in [3.05, 3.63) is 38.6 Å². The maximum atomic E-state index is 11.8. The highest BCUT2D eigenvalue weighted by Crippen LogP contribution is 2.38. The lowest BCUT2D eigenvalue weighted by Gasteiger charge is -2.05. The van der Waals surface area contributed by atoms with Crippen molar-refractivity contribution in [3.8, 4) is 11.3 Å². The zero-order valence-electron chi connectivity index (χ0n) is 8.99. The lowest BCUT2D eigenvalue weighted by Crippen LogP contribution is -2.15. The fourth-order valence-corrected chi connectivity index (χ4v) is 2.42. The Morgan fingerprint density at radius 1 is 1.50 bits per heavy atom. The third kappa shape index (κ3) is 1.59. The molecule has 4 heteroatoms. The third-order valence-corrected chi connectivity index (χ3v) is 3.61. The molecule has 0 bridgehead atoms. The van der Waals surface area contributed by atoms with E-state index in [1.54, 1.807) is 11.3 Å². The van der Waals surface area contributed by atoms with Crippen LogP contribution in [-0.4, -0.2) is 9.97 Å². The molecule has 1 aliphatic rings. The second-order valence-electron chi connectivity index (χ2n) is 4.21. The zero-order valence-corrected chi connectivity index (χ0v) is 9.80. The van der Waals surface area contributed by atoms with Crippen molar-refractivity contribution in [3.63, 3.8) is 0 Å². The lowest BCUT2D eigenvalue weighted by atomic mass is 10.1. The van der Waals surface area contributed by atoms with Crippen molar-refractivity contribution >= 4 is 11.3 Å². The van der Waals surface area contributed by atoms with Gasteiger partial charge in [-0.25, -0.2) is 4.98 Å². The van der Waals surface area contributed by atoms with E-state index in [-0.39, 0.29) is 5.56 Å². The van der Waals surface area contributed by atoms with Gasteiger partial charge < -0.3 is 4.98 Å². The van der Waals surface area contributed by atoms with Gasteiger partial charge in [-0.3, -0.25) is 4.79 Å². The van der Waals surface area contributed by atoms with Gasteiger partial charge in [-0.1, -0.05) is 0 Å². The van der Waals surface area contributed by atoms with E-state index in [1.807, 2.05) is 23.8 Å². The third-order valence-electron chi connectivity index (χ3n) is 2.93. The Morgan fingerprint density at radius 2 is 2.31 bits per heavy atom. The maximum Gasteiger partial charge on any atom is 0.254 e. The second-order valence-corrected chi connectivity index (χ2v) is 4.99. The van der Waals surface area contributed by atoms with Crippen LogP contribution in [0.25, 0.3) is 11.3 Å². The van der Waals surface area contributed by atoms with E-state index in [2.05, 4.69) is 9.97 Å². The minimum Gasteiger partial charge on any atom is -0.310 e. The van der Waals surface area contributed by atoms with E-state index in [9.17, 15) is 4.79 Å². The van der Waals surface area contributed by atoms with Crippen LogP contribution >= 0.6 is 11.3 Å².